The lowest BCUT2D eigenvalue weighted by Gasteiger charge is -2.40. The van der Waals surface area contributed by atoms with Crippen LogP contribution >= 0.6 is 0 Å². The smallest absolute Gasteiger partial charge is 0.319 e. The Balaban J connectivity index is 0.933. The number of piperidine rings is 3. The fourth-order valence-corrected chi connectivity index (χ4v) is 8.19. The molecule has 3 fully saturated rings. The maximum atomic E-state index is 15.9. The third-order valence-electron chi connectivity index (χ3n) is 11.4. The normalized spacial score (nSPS) is 18.5. The predicted molar refractivity (Wildman–Crippen MR) is 201 cm³/mol. The average molecular weight is 737 g/mol. The molecule has 0 bridgehead atoms. The van der Waals surface area contributed by atoms with Gasteiger partial charge in [-0.05, 0) is 84.7 Å². The van der Waals surface area contributed by atoms with Gasteiger partial charge in [-0.25, -0.2) is 9.18 Å². The Bertz CT molecular complexity index is 2150. The number of likely N-dealkylation sites (tertiary alicyclic amines) is 2. The molecule has 13 heteroatoms. The fourth-order valence-electron chi connectivity index (χ4n) is 8.19. The SMILES string of the molecule is COc1cc(-c2cn(C)c(=O)c3cnccc23)cc(F)c1C(=O)N1CCC(N(C)C(=O)N2CCC(c3ccc(CC4CCC(=O)NC4=O)cc3)CC2)CC1. The van der Waals surface area contributed by atoms with E-state index in [9.17, 15) is 24.0 Å². The predicted octanol–water partition coefficient (Wildman–Crippen LogP) is 4.88. The highest BCUT2D eigenvalue weighted by Crippen LogP contribution is 2.35. The Kier molecular flexibility index (Phi) is 10.5. The molecule has 3 aliphatic heterocycles. The van der Waals surface area contributed by atoms with Crippen molar-refractivity contribution in [3.63, 3.8) is 0 Å². The van der Waals surface area contributed by atoms with Gasteiger partial charge in [0.2, 0.25) is 11.8 Å². The molecule has 0 spiro atoms. The van der Waals surface area contributed by atoms with Gasteiger partial charge in [0.25, 0.3) is 11.5 Å². The van der Waals surface area contributed by atoms with E-state index in [2.05, 4.69) is 34.6 Å². The summed E-state index contributed by atoms with van der Waals surface area (Å²) >= 11 is 0. The van der Waals surface area contributed by atoms with Gasteiger partial charge in [0, 0.05) is 82.8 Å². The maximum absolute atomic E-state index is 15.9. The van der Waals surface area contributed by atoms with Crippen molar-refractivity contribution in [3.05, 3.63) is 93.9 Å². The highest BCUT2D eigenvalue weighted by atomic mass is 19.1. The molecular weight excluding hydrogens is 691 g/mol. The Morgan fingerprint density at radius 3 is 2.33 bits per heavy atom. The molecule has 1 N–H and O–H groups in total. The Labute approximate surface area is 312 Å². The number of carbonyl (C=O) groups excluding carboxylic acids is 4. The first-order valence-corrected chi connectivity index (χ1v) is 18.6. The number of hydrogen-bond acceptors (Lipinski definition) is 7. The molecule has 1 atom stereocenters. The number of urea groups is 1. The largest absolute Gasteiger partial charge is 0.496 e. The fraction of sp³-hybridized carbons (Fsp3) is 0.415. The molecule has 2 aromatic carbocycles. The molecule has 1 unspecified atom stereocenters. The molecular formula is C41H45FN6O6. The summed E-state index contributed by atoms with van der Waals surface area (Å²) in [6.45, 7) is 2.02. The summed E-state index contributed by atoms with van der Waals surface area (Å²) in [6, 6.07) is 12.9. The number of aromatic nitrogens is 2. The number of benzene rings is 2. The number of imide groups is 1. The van der Waals surface area contributed by atoms with E-state index in [0.717, 1.165) is 18.4 Å². The molecule has 5 amide bonds. The first kappa shape index (κ1) is 36.8. The van der Waals surface area contributed by atoms with Gasteiger partial charge in [0.05, 0.1) is 12.5 Å². The van der Waals surface area contributed by atoms with Crippen LogP contribution in [0.25, 0.3) is 21.9 Å². The summed E-state index contributed by atoms with van der Waals surface area (Å²) in [5.74, 6) is -1.32. The highest BCUT2D eigenvalue weighted by molar-refractivity contribution is 6.00. The molecule has 3 saturated heterocycles. The highest BCUT2D eigenvalue weighted by Gasteiger charge is 2.34. The zero-order valence-corrected chi connectivity index (χ0v) is 30.8. The summed E-state index contributed by atoms with van der Waals surface area (Å²) in [4.78, 5) is 73.0. The molecule has 5 heterocycles. The number of amides is 5. The van der Waals surface area contributed by atoms with Crippen LogP contribution in [0, 0.1) is 11.7 Å². The van der Waals surface area contributed by atoms with Crippen molar-refractivity contribution >= 4 is 34.5 Å². The van der Waals surface area contributed by atoms with Crippen molar-refractivity contribution < 1.29 is 28.3 Å². The van der Waals surface area contributed by atoms with E-state index in [4.69, 9.17) is 4.74 Å². The first-order valence-electron chi connectivity index (χ1n) is 18.6. The van der Waals surface area contributed by atoms with Gasteiger partial charge >= 0.3 is 6.03 Å². The molecule has 7 rings (SSSR count). The molecule has 0 saturated carbocycles. The number of halogens is 1. The third kappa shape index (κ3) is 7.31. The van der Waals surface area contributed by atoms with Gasteiger partial charge < -0.3 is 24.0 Å². The molecule has 0 radical (unpaired) electrons. The lowest BCUT2D eigenvalue weighted by Crippen LogP contribution is -2.52. The molecule has 282 valence electrons. The second-order valence-corrected chi connectivity index (χ2v) is 14.7. The second-order valence-electron chi connectivity index (χ2n) is 14.7. The van der Waals surface area contributed by atoms with E-state index >= 15 is 4.39 Å². The first-order chi connectivity index (χ1) is 26.0. The summed E-state index contributed by atoms with van der Waals surface area (Å²) < 4.78 is 22.8. The van der Waals surface area contributed by atoms with E-state index in [1.807, 2.05) is 11.9 Å². The minimum Gasteiger partial charge on any atom is -0.496 e. The number of rotatable bonds is 7. The van der Waals surface area contributed by atoms with Gasteiger partial charge in [-0.2, -0.15) is 0 Å². The minimum absolute atomic E-state index is 0.0252. The van der Waals surface area contributed by atoms with Crippen LogP contribution in [0.4, 0.5) is 9.18 Å². The molecule has 4 aromatic rings. The van der Waals surface area contributed by atoms with E-state index in [0.29, 0.717) is 86.1 Å². The molecule has 3 aliphatic rings. The third-order valence-corrected chi connectivity index (χ3v) is 11.4. The standard InChI is InChI=1S/C41H45FN6O6/c1-45-24-33(31-10-15-43-23-32(31)39(45)51)29-21-34(42)37(35(22-29)54-3)40(52)47-18-13-30(14-19-47)46(2)41(53)48-16-11-27(12-17-48)26-6-4-25(5-7-26)20-28-8-9-36(49)44-38(28)50/h4-7,10,15,21-24,27-28,30H,8-9,11-14,16-20H2,1-3H3,(H,44,49,50). The molecule has 54 heavy (non-hydrogen) atoms. The molecule has 12 nitrogen and oxygen atoms in total. The van der Waals surface area contributed by atoms with Crippen LogP contribution in [0.2, 0.25) is 0 Å². The van der Waals surface area contributed by atoms with Crippen LogP contribution < -0.4 is 15.6 Å². The van der Waals surface area contributed by atoms with E-state index < -0.39 is 11.7 Å². The lowest BCUT2D eigenvalue weighted by molar-refractivity contribution is -0.136. The number of aryl methyl sites for hydroxylation is 1. The van der Waals surface area contributed by atoms with Gasteiger partial charge in [0.1, 0.15) is 17.1 Å². The minimum atomic E-state index is -0.716. The number of nitrogens with one attached hydrogen (secondary N) is 1. The number of methoxy groups -OCH3 is 1. The van der Waals surface area contributed by atoms with Gasteiger partial charge in [-0.1, -0.05) is 24.3 Å². The van der Waals surface area contributed by atoms with Gasteiger partial charge in [-0.15, -0.1) is 0 Å². The average Bonchev–Trinajstić information content (AvgIpc) is 3.19. The van der Waals surface area contributed by atoms with Crippen molar-refractivity contribution in [2.24, 2.45) is 13.0 Å². The van der Waals surface area contributed by atoms with Gasteiger partial charge in [-0.3, -0.25) is 29.5 Å². The summed E-state index contributed by atoms with van der Waals surface area (Å²) in [5.41, 5.74) is 3.01. The van der Waals surface area contributed by atoms with Crippen molar-refractivity contribution in [2.45, 2.75) is 56.9 Å². The Morgan fingerprint density at radius 2 is 1.65 bits per heavy atom. The monoisotopic (exact) mass is 736 g/mol. The van der Waals surface area contributed by atoms with Crippen LogP contribution in [0.15, 0.2) is 65.8 Å². The second kappa shape index (κ2) is 15.4. The number of pyridine rings is 2. The zero-order chi connectivity index (χ0) is 38.1. The van der Waals surface area contributed by atoms with Crippen LogP contribution in [0.5, 0.6) is 5.75 Å². The number of nitrogens with zero attached hydrogens (tertiary/aromatic N) is 5. The van der Waals surface area contributed by atoms with Crippen LogP contribution in [0.3, 0.4) is 0 Å². The topological polar surface area (TPSA) is 134 Å². The van der Waals surface area contributed by atoms with E-state index in [1.165, 1.54) is 29.5 Å². The van der Waals surface area contributed by atoms with Gasteiger partial charge in [0.15, 0.2) is 0 Å². The number of fused-ring (bicyclic) bond motifs is 1. The summed E-state index contributed by atoms with van der Waals surface area (Å²) in [6.07, 6.45) is 9.09. The molecule has 2 aromatic heterocycles. The Morgan fingerprint density at radius 1 is 0.944 bits per heavy atom. The summed E-state index contributed by atoms with van der Waals surface area (Å²) in [7, 11) is 4.84. The van der Waals surface area contributed by atoms with Crippen molar-refractivity contribution in [3.8, 4) is 16.9 Å². The van der Waals surface area contributed by atoms with Crippen molar-refractivity contribution in [1.82, 2.24) is 29.6 Å². The van der Waals surface area contributed by atoms with E-state index in [-0.39, 0.29) is 46.7 Å². The van der Waals surface area contributed by atoms with Crippen LogP contribution in [0.1, 0.15) is 65.9 Å². The van der Waals surface area contributed by atoms with Crippen LogP contribution in [-0.4, -0.2) is 94.4 Å². The number of ether oxygens (including phenoxy) is 1. The van der Waals surface area contributed by atoms with Crippen molar-refractivity contribution in [1.29, 1.82) is 0 Å². The summed E-state index contributed by atoms with van der Waals surface area (Å²) in [5, 5.41) is 3.45. The lowest BCUT2D eigenvalue weighted by atomic mass is 9.87. The molecule has 0 aliphatic carbocycles. The van der Waals surface area contributed by atoms with Crippen LogP contribution in [-0.2, 0) is 23.1 Å². The number of carbonyl (C=O) groups is 4. The van der Waals surface area contributed by atoms with Crippen molar-refractivity contribution in [2.75, 3.05) is 40.3 Å². The Hall–Kier alpha value is -5.59. The quantitative estimate of drug-likeness (QED) is 0.268. The van der Waals surface area contributed by atoms with E-state index in [1.54, 1.807) is 41.4 Å². The zero-order valence-electron chi connectivity index (χ0n) is 30.8. The maximum Gasteiger partial charge on any atom is 0.319 e. The number of hydrogen-bond donors (Lipinski definition) is 1.